The average Bonchev–Trinajstić information content (AvgIpc) is 2.93. The van der Waals surface area contributed by atoms with Gasteiger partial charge >= 0.3 is 0 Å². The van der Waals surface area contributed by atoms with Gasteiger partial charge in [-0.05, 0) is 24.5 Å². The first-order chi connectivity index (χ1) is 11.5. The number of hydrogen-bond donors (Lipinski definition) is 0. The summed E-state index contributed by atoms with van der Waals surface area (Å²) < 4.78 is 0. The minimum absolute atomic E-state index is 0.0215. The molecule has 1 saturated heterocycles. The van der Waals surface area contributed by atoms with E-state index in [1.54, 1.807) is 12.3 Å². The minimum Gasteiger partial charge on any atom is -0.348 e. The Morgan fingerprint density at radius 3 is 2.83 bits per heavy atom. The zero-order valence-corrected chi connectivity index (χ0v) is 14.9. The molecule has 0 radical (unpaired) electrons. The molecule has 1 aromatic heterocycles. The predicted octanol–water partition coefficient (Wildman–Crippen LogP) is 3.51. The van der Waals surface area contributed by atoms with Crippen LogP contribution < -0.4 is 0 Å². The fourth-order valence-corrected chi connectivity index (χ4v) is 4.01. The van der Waals surface area contributed by atoms with Crippen molar-refractivity contribution in [3.63, 3.8) is 0 Å². The molecule has 2 aliphatic rings. The van der Waals surface area contributed by atoms with Gasteiger partial charge in [0.25, 0.3) is 5.70 Å². The third-order valence-corrected chi connectivity index (χ3v) is 5.15. The summed E-state index contributed by atoms with van der Waals surface area (Å²) in [5.74, 6) is 0.791. The second kappa shape index (κ2) is 6.97. The minimum atomic E-state index is -0.187. The Hall–Kier alpha value is -1.82. The Labute approximate surface area is 147 Å². The highest BCUT2D eigenvalue weighted by atomic mass is 35.5. The monoisotopic (exact) mass is 350 g/mol. The molecule has 1 aromatic rings. The van der Waals surface area contributed by atoms with Gasteiger partial charge in [-0.1, -0.05) is 37.9 Å². The first kappa shape index (κ1) is 17.0. The number of hydrogen-bond acceptors (Lipinski definition) is 5. The summed E-state index contributed by atoms with van der Waals surface area (Å²) in [6.45, 7) is 6.43. The largest absolute Gasteiger partial charge is 0.348 e. The quantitative estimate of drug-likeness (QED) is 0.462. The van der Waals surface area contributed by atoms with Crippen LogP contribution >= 0.6 is 11.6 Å². The van der Waals surface area contributed by atoms with Crippen molar-refractivity contribution in [3.05, 3.63) is 50.7 Å². The zero-order valence-electron chi connectivity index (χ0n) is 14.1. The molecule has 0 aliphatic carbocycles. The number of pyridine rings is 1. The smallest absolute Gasteiger partial charge is 0.289 e. The highest BCUT2D eigenvalue weighted by molar-refractivity contribution is 6.29. The molecule has 0 spiro atoms. The summed E-state index contributed by atoms with van der Waals surface area (Å²) in [6, 6.07) is 4.09. The molecule has 0 saturated carbocycles. The van der Waals surface area contributed by atoms with Crippen LogP contribution in [0.5, 0.6) is 0 Å². The van der Waals surface area contributed by atoms with Gasteiger partial charge in [0, 0.05) is 31.9 Å². The van der Waals surface area contributed by atoms with Gasteiger partial charge in [-0.3, -0.25) is 10.1 Å². The van der Waals surface area contributed by atoms with E-state index in [2.05, 4.69) is 21.7 Å². The SMILES string of the molecule is CCC[C@H]1C[C@H](C)C([N+](=O)[O-])=C2N(Cc3ccc(Cl)nc3)CCN21. The second-order valence-corrected chi connectivity index (χ2v) is 7.04. The molecule has 0 N–H and O–H groups in total. The Morgan fingerprint density at radius 1 is 1.42 bits per heavy atom. The lowest BCUT2D eigenvalue weighted by atomic mass is 9.91. The Balaban J connectivity index is 1.92. The summed E-state index contributed by atoms with van der Waals surface area (Å²) in [4.78, 5) is 20.0. The fourth-order valence-electron chi connectivity index (χ4n) is 3.90. The molecule has 6 nitrogen and oxygen atoms in total. The van der Waals surface area contributed by atoms with E-state index in [0.717, 1.165) is 43.7 Å². The molecule has 2 aliphatic heterocycles. The topological polar surface area (TPSA) is 62.5 Å². The van der Waals surface area contributed by atoms with Crippen LogP contribution in [0.2, 0.25) is 5.15 Å². The first-order valence-electron chi connectivity index (χ1n) is 8.51. The van der Waals surface area contributed by atoms with Crippen LogP contribution in [0.1, 0.15) is 38.7 Å². The van der Waals surface area contributed by atoms with Gasteiger partial charge < -0.3 is 9.80 Å². The van der Waals surface area contributed by atoms with E-state index < -0.39 is 0 Å². The van der Waals surface area contributed by atoms with Crippen molar-refractivity contribution in [2.75, 3.05) is 13.1 Å². The summed E-state index contributed by atoms with van der Waals surface area (Å²) in [5, 5.41) is 12.1. The van der Waals surface area contributed by atoms with Crippen LogP contribution in [-0.4, -0.2) is 38.8 Å². The molecule has 0 unspecified atom stereocenters. The van der Waals surface area contributed by atoms with E-state index in [1.807, 2.05) is 13.0 Å². The predicted molar refractivity (Wildman–Crippen MR) is 92.9 cm³/mol. The van der Waals surface area contributed by atoms with Crippen molar-refractivity contribution in [2.24, 2.45) is 5.92 Å². The van der Waals surface area contributed by atoms with Crippen molar-refractivity contribution in [1.29, 1.82) is 0 Å². The lowest BCUT2D eigenvalue weighted by Crippen LogP contribution is -2.41. The van der Waals surface area contributed by atoms with Gasteiger partial charge in [0.05, 0.1) is 10.8 Å². The summed E-state index contributed by atoms with van der Waals surface area (Å²) in [5.41, 5.74) is 1.38. The summed E-state index contributed by atoms with van der Waals surface area (Å²) in [6.07, 6.45) is 4.78. The summed E-state index contributed by atoms with van der Waals surface area (Å²) >= 11 is 5.85. The fraction of sp³-hybridized carbons (Fsp3) is 0.588. The van der Waals surface area contributed by atoms with E-state index in [9.17, 15) is 10.1 Å². The summed E-state index contributed by atoms with van der Waals surface area (Å²) in [7, 11) is 0. The van der Waals surface area contributed by atoms with Crippen LogP contribution in [0, 0.1) is 16.0 Å². The van der Waals surface area contributed by atoms with E-state index in [0.29, 0.717) is 23.4 Å². The highest BCUT2D eigenvalue weighted by Crippen LogP contribution is 2.38. The van der Waals surface area contributed by atoms with E-state index in [1.165, 1.54) is 0 Å². The molecule has 0 bridgehead atoms. The van der Waals surface area contributed by atoms with Crippen LogP contribution in [0.4, 0.5) is 0 Å². The maximum absolute atomic E-state index is 11.7. The lowest BCUT2D eigenvalue weighted by molar-refractivity contribution is -0.438. The van der Waals surface area contributed by atoms with Crippen molar-refractivity contribution < 1.29 is 4.92 Å². The Bertz CT molecular complexity index is 646. The Morgan fingerprint density at radius 2 is 2.21 bits per heavy atom. The molecule has 24 heavy (non-hydrogen) atoms. The third-order valence-electron chi connectivity index (χ3n) is 4.93. The van der Waals surface area contributed by atoms with Crippen molar-refractivity contribution in [2.45, 2.75) is 45.7 Å². The van der Waals surface area contributed by atoms with Gasteiger partial charge in [0.15, 0.2) is 5.82 Å². The normalized spacial score (nSPS) is 23.6. The number of nitro groups is 1. The number of nitrogens with zero attached hydrogens (tertiary/aromatic N) is 4. The zero-order chi connectivity index (χ0) is 17.3. The van der Waals surface area contributed by atoms with Crippen LogP contribution in [0.25, 0.3) is 0 Å². The first-order valence-corrected chi connectivity index (χ1v) is 8.89. The average molecular weight is 351 g/mol. The molecule has 0 amide bonds. The molecule has 130 valence electrons. The van der Waals surface area contributed by atoms with Gasteiger partial charge in [0.1, 0.15) is 5.15 Å². The number of allylic oxidation sites excluding steroid dienone is 1. The van der Waals surface area contributed by atoms with Crippen LogP contribution in [-0.2, 0) is 6.54 Å². The number of rotatable bonds is 5. The van der Waals surface area contributed by atoms with Gasteiger partial charge in [0.2, 0.25) is 0 Å². The Kier molecular flexibility index (Phi) is 4.94. The van der Waals surface area contributed by atoms with Crippen LogP contribution in [0.3, 0.4) is 0 Å². The standard InChI is InChI=1S/C17H23ClN4O2/c1-3-4-14-9-12(2)16(22(23)24)17-20(7-8-21(14)17)11-13-5-6-15(18)19-10-13/h5-6,10,12,14H,3-4,7-9,11H2,1-2H3/t12-,14-/m0/s1. The van der Waals surface area contributed by atoms with Gasteiger partial charge in [-0.2, -0.15) is 0 Å². The second-order valence-electron chi connectivity index (χ2n) is 6.65. The van der Waals surface area contributed by atoms with E-state index in [4.69, 9.17) is 11.6 Å². The molecule has 0 aromatic carbocycles. The number of halogens is 1. The molecule has 3 rings (SSSR count). The van der Waals surface area contributed by atoms with Crippen molar-refractivity contribution >= 4 is 11.6 Å². The van der Waals surface area contributed by atoms with E-state index >= 15 is 0 Å². The maximum atomic E-state index is 11.7. The molecule has 7 heteroatoms. The van der Waals surface area contributed by atoms with Crippen molar-refractivity contribution in [3.8, 4) is 0 Å². The molecular formula is C17H23ClN4O2. The third kappa shape index (κ3) is 3.20. The highest BCUT2D eigenvalue weighted by Gasteiger charge is 2.44. The van der Waals surface area contributed by atoms with Gasteiger partial charge in [-0.25, -0.2) is 4.98 Å². The van der Waals surface area contributed by atoms with Crippen LogP contribution in [0.15, 0.2) is 29.8 Å². The van der Waals surface area contributed by atoms with E-state index in [-0.39, 0.29) is 10.8 Å². The number of aromatic nitrogens is 1. The molecular weight excluding hydrogens is 328 g/mol. The van der Waals surface area contributed by atoms with Gasteiger partial charge in [-0.15, -0.1) is 0 Å². The molecule has 2 atom stereocenters. The van der Waals surface area contributed by atoms with Crippen molar-refractivity contribution in [1.82, 2.24) is 14.8 Å². The molecule has 1 fully saturated rings. The molecule has 3 heterocycles. The maximum Gasteiger partial charge on any atom is 0.289 e. The lowest BCUT2D eigenvalue weighted by Gasteiger charge is -2.37. The number of fused-ring (bicyclic) bond motifs is 1.